The Balaban J connectivity index is 1.64. The summed E-state index contributed by atoms with van der Waals surface area (Å²) in [6.07, 6.45) is 1.19. The van der Waals surface area contributed by atoms with Crippen LogP contribution in [0.25, 0.3) is 0 Å². The highest BCUT2D eigenvalue weighted by Crippen LogP contribution is 2.37. The Bertz CT molecular complexity index is 790. The maximum Gasteiger partial charge on any atom is 0.251 e. The van der Waals surface area contributed by atoms with Crippen LogP contribution in [0.1, 0.15) is 34.1 Å². The number of fused-ring (bicyclic) bond motifs is 1. The van der Waals surface area contributed by atoms with Gasteiger partial charge in [0.1, 0.15) is 5.00 Å². The normalized spacial score (nSPS) is 14.0. The first-order valence-corrected chi connectivity index (χ1v) is 10.5. The van der Waals surface area contributed by atoms with Gasteiger partial charge >= 0.3 is 0 Å². The zero-order chi connectivity index (χ0) is 18.5. The standard InChI is InChI=1S/C19H23N3O2S2/c1-2-22-10-8-14-15(12-22)26-19(17(14)18(20)24)21-16(23)9-11-25-13-6-4-3-5-7-13/h3-7H,2,8-12H2,1H3,(H2,20,24)(H,21,23). The SMILES string of the molecule is CCN1CCc2c(sc(NC(=O)CCSc3ccccc3)c2C(N)=O)C1. The minimum absolute atomic E-state index is 0.0816. The van der Waals surface area contributed by atoms with Gasteiger partial charge in [0.15, 0.2) is 0 Å². The average molecular weight is 390 g/mol. The lowest BCUT2D eigenvalue weighted by molar-refractivity contribution is -0.115. The molecule has 5 nitrogen and oxygen atoms in total. The van der Waals surface area contributed by atoms with E-state index in [1.54, 1.807) is 11.8 Å². The van der Waals surface area contributed by atoms with Gasteiger partial charge in [0, 0.05) is 35.0 Å². The fourth-order valence-electron chi connectivity index (χ4n) is 3.04. The van der Waals surface area contributed by atoms with E-state index in [2.05, 4.69) is 17.1 Å². The molecular formula is C19H23N3O2S2. The second kappa shape index (κ2) is 8.70. The second-order valence-electron chi connectivity index (χ2n) is 6.15. The summed E-state index contributed by atoms with van der Waals surface area (Å²) in [6.45, 7) is 4.83. The van der Waals surface area contributed by atoms with E-state index in [1.807, 2.05) is 30.3 Å². The Morgan fingerprint density at radius 1 is 1.31 bits per heavy atom. The molecule has 7 heteroatoms. The summed E-state index contributed by atoms with van der Waals surface area (Å²) in [7, 11) is 0. The number of hydrogen-bond acceptors (Lipinski definition) is 5. The number of anilines is 1. The molecule has 0 fully saturated rings. The van der Waals surface area contributed by atoms with Crippen LogP contribution in [0.15, 0.2) is 35.2 Å². The molecule has 26 heavy (non-hydrogen) atoms. The summed E-state index contributed by atoms with van der Waals surface area (Å²) in [5.74, 6) is 0.152. The number of carbonyl (C=O) groups excluding carboxylic acids is 2. The minimum atomic E-state index is -0.457. The zero-order valence-electron chi connectivity index (χ0n) is 14.8. The van der Waals surface area contributed by atoms with Crippen LogP contribution < -0.4 is 11.1 Å². The molecule has 138 valence electrons. The van der Waals surface area contributed by atoms with Crippen LogP contribution in [0.4, 0.5) is 5.00 Å². The molecule has 0 saturated heterocycles. The number of hydrogen-bond donors (Lipinski definition) is 2. The molecule has 0 unspecified atom stereocenters. The van der Waals surface area contributed by atoms with Crippen molar-refractivity contribution in [3.63, 3.8) is 0 Å². The molecule has 3 rings (SSSR count). The third-order valence-electron chi connectivity index (χ3n) is 4.42. The molecule has 1 aromatic carbocycles. The molecule has 2 aromatic rings. The highest BCUT2D eigenvalue weighted by atomic mass is 32.2. The highest BCUT2D eigenvalue weighted by Gasteiger charge is 2.27. The largest absolute Gasteiger partial charge is 0.365 e. The number of nitrogens with one attached hydrogen (secondary N) is 1. The van der Waals surface area contributed by atoms with Crippen LogP contribution in [-0.4, -0.2) is 35.6 Å². The van der Waals surface area contributed by atoms with E-state index in [4.69, 9.17) is 5.73 Å². The van der Waals surface area contributed by atoms with Gasteiger partial charge in [0.05, 0.1) is 5.56 Å². The molecule has 0 spiro atoms. The fraction of sp³-hybridized carbons (Fsp3) is 0.368. The van der Waals surface area contributed by atoms with Crippen molar-refractivity contribution in [1.29, 1.82) is 0 Å². The summed E-state index contributed by atoms with van der Waals surface area (Å²) in [6, 6.07) is 10.00. The number of thiophene rings is 1. The lowest BCUT2D eigenvalue weighted by Crippen LogP contribution is -2.30. The molecule has 0 radical (unpaired) electrons. The van der Waals surface area contributed by atoms with Crippen molar-refractivity contribution in [2.45, 2.75) is 31.2 Å². The van der Waals surface area contributed by atoms with Crippen LogP contribution in [0.2, 0.25) is 0 Å². The summed E-state index contributed by atoms with van der Waals surface area (Å²) < 4.78 is 0. The van der Waals surface area contributed by atoms with Crippen LogP contribution in [0.5, 0.6) is 0 Å². The molecule has 1 aromatic heterocycles. The second-order valence-corrected chi connectivity index (χ2v) is 8.42. The van der Waals surface area contributed by atoms with E-state index in [1.165, 1.54) is 11.3 Å². The van der Waals surface area contributed by atoms with Crippen LogP contribution in [-0.2, 0) is 17.8 Å². The fourth-order valence-corrected chi connectivity index (χ4v) is 5.23. The monoisotopic (exact) mass is 389 g/mol. The van der Waals surface area contributed by atoms with E-state index < -0.39 is 5.91 Å². The first-order chi connectivity index (χ1) is 12.6. The quantitative estimate of drug-likeness (QED) is 0.712. The predicted molar refractivity (Wildman–Crippen MR) is 108 cm³/mol. The van der Waals surface area contributed by atoms with Crippen molar-refractivity contribution >= 4 is 39.9 Å². The Kier molecular flexibility index (Phi) is 6.34. The third-order valence-corrected chi connectivity index (χ3v) is 6.57. The number of benzene rings is 1. The van der Waals surface area contributed by atoms with Gasteiger partial charge in [0.2, 0.25) is 5.91 Å². The van der Waals surface area contributed by atoms with Gasteiger partial charge in [0.25, 0.3) is 5.91 Å². The van der Waals surface area contributed by atoms with E-state index in [-0.39, 0.29) is 5.91 Å². The van der Waals surface area contributed by atoms with E-state index in [9.17, 15) is 9.59 Å². The van der Waals surface area contributed by atoms with Gasteiger partial charge in [-0.05, 0) is 30.7 Å². The topological polar surface area (TPSA) is 75.4 Å². The third kappa shape index (κ3) is 4.47. The average Bonchev–Trinajstić information content (AvgIpc) is 2.99. The molecular weight excluding hydrogens is 366 g/mol. The molecule has 0 aliphatic carbocycles. The van der Waals surface area contributed by atoms with E-state index in [0.29, 0.717) is 22.7 Å². The molecule has 3 N–H and O–H groups in total. The van der Waals surface area contributed by atoms with E-state index in [0.717, 1.165) is 41.4 Å². The van der Waals surface area contributed by atoms with E-state index >= 15 is 0 Å². The molecule has 0 atom stereocenters. The number of rotatable bonds is 7. The van der Waals surface area contributed by atoms with Crippen molar-refractivity contribution in [2.75, 3.05) is 24.2 Å². The predicted octanol–water partition coefficient (Wildman–Crippen LogP) is 3.35. The number of carbonyl (C=O) groups is 2. The van der Waals surface area contributed by atoms with Crippen LogP contribution >= 0.6 is 23.1 Å². The number of likely N-dealkylation sites (N-methyl/N-ethyl adjacent to an activating group) is 1. The molecule has 0 saturated carbocycles. The highest BCUT2D eigenvalue weighted by molar-refractivity contribution is 7.99. The van der Waals surface area contributed by atoms with Crippen molar-refractivity contribution in [3.05, 3.63) is 46.3 Å². The number of thioether (sulfide) groups is 1. The Morgan fingerprint density at radius 2 is 2.08 bits per heavy atom. The van der Waals surface area contributed by atoms with Gasteiger partial charge in [-0.15, -0.1) is 23.1 Å². The molecule has 2 heterocycles. The molecule has 1 aliphatic rings. The zero-order valence-corrected chi connectivity index (χ0v) is 16.4. The van der Waals surface area contributed by atoms with Gasteiger partial charge < -0.3 is 11.1 Å². The first-order valence-electron chi connectivity index (χ1n) is 8.73. The van der Waals surface area contributed by atoms with Gasteiger partial charge in [-0.25, -0.2) is 0 Å². The summed E-state index contributed by atoms with van der Waals surface area (Å²) in [5.41, 5.74) is 7.12. The van der Waals surface area contributed by atoms with Crippen LogP contribution in [0, 0.1) is 0 Å². The number of primary amides is 1. The summed E-state index contributed by atoms with van der Waals surface area (Å²) in [4.78, 5) is 28.9. The lowest BCUT2D eigenvalue weighted by atomic mass is 10.0. The maximum atomic E-state index is 12.3. The Morgan fingerprint density at radius 3 is 2.77 bits per heavy atom. The van der Waals surface area contributed by atoms with Gasteiger partial charge in [-0.2, -0.15) is 0 Å². The smallest absolute Gasteiger partial charge is 0.251 e. The minimum Gasteiger partial charge on any atom is -0.365 e. The van der Waals surface area contributed by atoms with Gasteiger partial charge in [-0.3, -0.25) is 14.5 Å². The Labute approximate surface area is 162 Å². The molecule has 1 aliphatic heterocycles. The van der Waals surface area contributed by atoms with Gasteiger partial charge in [-0.1, -0.05) is 25.1 Å². The number of nitrogens with two attached hydrogens (primary N) is 1. The van der Waals surface area contributed by atoms with Crippen molar-refractivity contribution in [3.8, 4) is 0 Å². The Hall–Kier alpha value is -1.83. The van der Waals surface area contributed by atoms with Crippen molar-refractivity contribution in [1.82, 2.24) is 4.90 Å². The maximum absolute atomic E-state index is 12.3. The van der Waals surface area contributed by atoms with Crippen molar-refractivity contribution < 1.29 is 9.59 Å². The summed E-state index contributed by atoms with van der Waals surface area (Å²) >= 11 is 3.13. The molecule has 0 bridgehead atoms. The van der Waals surface area contributed by atoms with Crippen LogP contribution in [0.3, 0.4) is 0 Å². The lowest BCUT2D eigenvalue weighted by Gasteiger charge is -2.25. The number of nitrogens with zero attached hydrogens (tertiary/aromatic N) is 1. The number of amides is 2. The van der Waals surface area contributed by atoms with Crippen molar-refractivity contribution in [2.24, 2.45) is 5.73 Å². The summed E-state index contributed by atoms with van der Waals surface area (Å²) in [5, 5.41) is 3.52. The molecule has 2 amide bonds. The first kappa shape index (κ1) is 18.9.